The molecule has 4 rings (SSSR count). The molecule has 0 amide bonds. The van der Waals surface area contributed by atoms with Gasteiger partial charge in [-0.05, 0) is 43.4 Å². The van der Waals surface area contributed by atoms with Gasteiger partial charge in [-0.15, -0.1) is 0 Å². The number of aryl methyl sites for hydroxylation is 1. The smallest absolute Gasteiger partial charge is 0.216 e. The Morgan fingerprint density at radius 2 is 2.04 bits per heavy atom. The number of hydrogen-bond donors (Lipinski definition) is 1. The number of aromatic amines is 1. The van der Waals surface area contributed by atoms with Crippen molar-refractivity contribution in [2.75, 3.05) is 0 Å². The first-order chi connectivity index (χ1) is 12.2. The molecule has 7 nitrogen and oxygen atoms in total. The lowest BCUT2D eigenvalue weighted by Gasteiger charge is -1.98. The van der Waals surface area contributed by atoms with E-state index in [1.54, 1.807) is 21.8 Å². The van der Waals surface area contributed by atoms with E-state index in [4.69, 9.17) is 16.6 Å². The van der Waals surface area contributed by atoms with Crippen LogP contribution in [0, 0.1) is 11.7 Å². The third-order valence-electron chi connectivity index (χ3n) is 3.64. The van der Waals surface area contributed by atoms with E-state index in [1.807, 2.05) is 55.6 Å². The molecule has 0 unspecified atom stereocenters. The number of rotatable bonds is 4. The lowest BCUT2D eigenvalue weighted by atomic mass is 10.2. The fourth-order valence-corrected chi connectivity index (χ4v) is 2.65. The van der Waals surface area contributed by atoms with Crippen molar-refractivity contribution in [2.24, 2.45) is 5.10 Å². The van der Waals surface area contributed by atoms with Gasteiger partial charge in [0, 0.05) is 11.8 Å². The molecule has 1 aromatic carbocycles. The van der Waals surface area contributed by atoms with E-state index in [9.17, 15) is 0 Å². The Hall–Kier alpha value is -3.26. The molecule has 25 heavy (non-hydrogen) atoms. The van der Waals surface area contributed by atoms with Gasteiger partial charge >= 0.3 is 0 Å². The van der Waals surface area contributed by atoms with Crippen molar-refractivity contribution in [2.45, 2.75) is 6.92 Å². The lowest BCUT2D eigenvalue weighted by Crippen LogP contribution is -1.94. The number of nitrogens with zero attached hydrogens (tertiary/aromatic N) is 5. The Morgan fingerprint density at radius 3 is 2.72 bits per heavy atom. The summed E-state index contributed by atoms with van der Waals surface area (Å²) in [5, 5.41) is 15.8. The van der Waals surface area contributed by atoms with Gasteiger partial charge in [0.1, 0.15) is 11.5 Å². The molecule has 0 bridgehead atoms. The van der Waals surface area contributed by atoms with Gasteiger partial charge in [-0.1, -0.05) is 18.2 Å². The minimum Gasteiger partial charge on any atom is -0.463 e. The number of furan rings is 1. The van der Waals surface area contributed by atoms with Crippen LogP contribution in [0.4, 0.5) is 0 Å². The summed E-state index contributed by atoms with van der Waals surface area (Å²) in [4.78, 5) is 0. The van der Waals surface area contributed by atoms with Crippen molar-refractivity contribution >= 4 is 18.4 Å². The Labute approximate surface area is 148 Å². The fraction of sp³-hybridized carbons (Fsp3) is 0.0588. The van der Waals surface area contributed by atoms with Gasteiger partial charge in [-0.25, -0.2) is 4.68 Å². The summed E-state index contributed by atoms with van der Waals surface area (Å²) in [6.45, 7) is 1.82. The van der Waals surface area contributed by atoms with Crippen molar-refractivity contribution in [1.29, 1.82) is 0 Å². The molecule has 0 fully saturated rings. The maximum Gasteiger partial charge on any atom is 0.216 e. The highest BCUT2D eigenvalue weighted by Crippen LogP contribution is 2.23. The summed E-state index contributed by atoms with van der Waals surface area (Å²) in [5.74, 6) is 1.35. The van der Waals surface area contributed by atoms with Crippen LogP contribution in [0.15, 0.2) is 64.4 Å². The van der Waals surface area contributed by atoms with E-state index >= 15 is 0 Å². The zero-order chi connectivity index (χ0) is 17.2. The molecule has 124 valence electrons. The standard InChI is InChI=1S/C17H14N6OS/c1-12-19-20-17(25)23(12)18-10-13-11-22(14-6-3-2-4-7-14)21-16(13)15-8-5-9-24-15/h2-11H,1H3,(H,20,25)/b18-10-. The van der Waals surface area contributed by atoms with Crippen LogP contribution in [0.2, 0.25) is 0 Å². The second kappa shape index (κ2) is 6.33. The first-order valence-electron chi connectivity index (χ1n) is 7.60. The highest BCUT2D eigenvalue weighted by atomic mass is 32.1. The number of para-hydroxylation sites is 1. The van der Waals surface area contributed by atoms with Gasteiger partial charge in [0.15, 0.2) is 5.76 Å². The minimum atomic E-state index is 0.434. The van der Waals surface area contributed by atoms with Crippen molar-refractivity contribution in [1.82, 2.24) is 24.7 Å². The van der Waals surface area contributed by atoms with Crippen LogP contribution >= 0.6 is 12.2 Å². The van der Waals surface area contributed by atoms with E-state index in [1.165, 1.54) is 0 Å². The quantitative estimate of drug-likeness (QED) is 0.451. The van der Waals surface area contributed by atoms with Crippen molar-refractivity contribution in [3.05, 3.63) is 71.1 Å². The molecule has 0 atom stereocenters. The molecule has 4 aromatic rings. The number of hydrogen-bond acceptors (Lipinski definition) is 5. The van der Waals surface area contributed by atoms with E-state index in [0.717, 1.165) is 11.3 Å². The zero-order valence-electron chi connectivity index (χ0n) is 13.3. The Bertz CT molecular complexity index is 1070. The minimum absolute atomic E-state index is 0.434. The molecule has 0 saturated heterocycles. The lowest BCUT2D eigenvalue weighted by molar-refractivity contribution is 0.579. The maximum absolute atomic E-state index is 5.51. The third-order valence-corrected chi connectivity index (χ3v) is 3.91. The number of benzene rings is 1. The van der Waals surface area contributed by atoms with Crippen LogP contribution in [0.5, 0.6) is 0 Å². The highest BCUT2D eigenvalue weighted by Gasteiger charge is 2.13. The summed E-state index contributed by atoms with van der Waals surface area (Å²) in [5.41, 5.74) is 2.46. The van der Waals surface area contributed by atoms with Crippen molar-refractivity contribution in [3.8, 4) is 17.1 Å². The first-order valence-corrected chi connectivity index (χ1v) is 8.00. The first kappa shape index (κ1) is 15.3. The molecule has 8 heteroatoms. The largest absolute Gasteiger partial charge is 0.463 e. The molecule has 0 aliphatic heterocycles. The van der Waals surface area contributed by atoms with E-state index in [0.29, 0.717) is 22.0 Å². The van der Waals surface area contributed by atoms with Crippen LogP contribution < -0.4 is 0 Å². The van der Waals surface area contributed by atoms with Crippen LogP contribution in [-0.2, 0) is 0 Å². The Balaban J connectivity index is 1.81. The molecule has 0 spiro atoms. The molecule has 3 aromatic heterocycles. The van der Waals surface area contributed by atoms with Crippen LogP contribution in [-0.4, -0.2) is 30.9 Å². The maximum atomic E-state index is 5.51. The van der Waals surface area contributed by atoms with Crippen molar-refractivity contribution in [3.63, 3.8) is 0 Å². The second-order valence-corrected chi connectivity index (χ2v) is 5.71. The van der Waals surface area contributed by atoms with Gasteiger partial charge < -0.3 is 4.42 Å². The molecule has 0 saturated carbocycles. The molecular formula is C17H14N6OS. The SMILES string of the molecule is Cc1n[nH]c(=S)n1/N=C\c1cn(-c2ccccc2)nc1-c1ccco1. The normalized spacial score (nSPS) is 11.4. The molecule has 0 aliphatic rings. The van der Waals surface area contributed by atoms with Gasteiger partial charge in [-0.2, -0.15) is 20.0 Å². The second-order valence-electron chi connectivity index (χ2n) is 5.32. The topological polar surface area (TPSA) is 76.9 Å². The van der Waals surface area contributed by atoms with E-state index in [2.05, 4.69) is 20.4 Å². The average molecular weight is 350 g/mol. The van der Waals surface area contributed by atoms with Gasteiger partial charge in [0.2, 0.25) is 4.77 Å². The molecule has 0 radical (unpaired) electrons. The average Bonchev–Trinajstić information content (AvgIpc) is 3.35. The van der Waals surface area contributed by atoms with Crippen LogP contribution in [0.25, 0.3) is 17.1 Å². The number of aromatic nitrogens is 5. The zero-order valence-corrected chi connectivity index (χ0v) is 14.1. The van der Waals surface area contributed by atoms with Gasteiger partial charge in [0.05, 0.1) is 18.2 Å². The van der Waals surface area contributed by atoms with Crippen LogP contribution in [0.1, 0.15) is 11.4 Å². The van der Waals surface area contributed by atoms with Crippen molar-refractivity contribution < 1.29 is 4.42 Å². The number of nitrogens with one attached hydrogen (secondary N) is 1. The third kappa shape index (κ3) is 2.94. The van der Waals surface area contributed by atoms with E-state index < -0.39 is 0 Å². The predicted molar refractivity (Wildman–Crippen MR) is 96.4 cm³/mol. The molecular weight excluding hydrogens is 336 g/mol. The van der Waals surface area contributed by atoms with Gasteiger partial charge in [-0.3, -0.25) is 5.10 Å². The number of H-pyrrole nitrogens is 1. The monoisotopic (exact) mass is 350 g/mol. The van der Waals surface area contributed by atoms with Gasteiger partial charge in [0.25, 0.3) is 0 Å². The highest BCUT2D eigenvalue weighted by molar-refractivity contribution is 7.71. The summed E-state index contributed by atoms with van der Waals surface area (Å²) < 4.78 is 9.29. The molecule has 3 heterocycles. The van der Waals surface area contributed by atoms with Crippen LogP contribution in [0.3, 0.4) is 0 Å². The molecule has 1 N–H and O–H groups in total. The summed E-state index contributed by atoms with van der Waals surface area (Å²) in [6.07, 6.45) is 5.21. The Morgan fingerprint density at radius 1 is 1.20 bits per heavy atom. The molecule has 0 aliphatic carbocycles. The summed E-state index contributed by atoms with van der Waals surface area (Å²) in [6, 6.07) is 13.5. The predicted octanol–water partition coefficient (Wildman–Crippen LogP) is 3.58. The summed E-state index contributed by atoms with van der Waals surface area (Å²) >= 11 is 5.17. The summed E-state index contributed by atoms with van der Waals surface area (Å²) in [7, 11) is 0. The van der Waals surface area contributed by atoms with E-state index in [-0.39, 0.29) is 0 Å². The fourth-order valence-electron chi connectivity index (χ4n) is 2.43. The Kier molecular flexibility index (Phi) is 3.87.